The Morgan fingerprint density at radius 2 is 1.89 bits per heavy atom. The number of hydrogen-bond donors (Lipinski definition) is 2. The first-order chi connectivity index (χ1) is 8.80. The van der Waals surface area contributed by atoms with E-state index in [2.05, 4.69) is 5.32 Å². The number of anilines is 2. The van der Waals surface area contributed by atoms with Crippen molar-refractivity contribution in [3.8, 4) is 0 Å². The van der Waals surface area contributed by atoms with Gasteiger partial charge in [-0.25, -0.2) is 0 Å². The van der Waals surface area contributed by atoms with Crippen molar-refractivity contribution in [3.05, 3.63) is 23.8 Å². The number of hydrogen-bond acceptors (Lipinski definition) is 3. The number of benzene rings is 1. The highest BCUT2D eigenvalue weighted by Crippen LogP contribution is 2.36. The molecule has 3 nitrogen and oxygen atoms in total. The second-order valence-corrected chi connectivity index (χ2v) is 5.10. The molecule has 1 saturated heterocycles. The van der Waals surface area contributed by atoms with Crippen LogP contribution in [-0.4, -0.2) is 18.8 Å². The van der Waals surface area contributed by atoms with Gasteiger partial charge in [-0.15, -0.1) is 0 Å². The highest BCUT2D eigenvalue weighted by Gasteiger charge is 2.34. The molecule has 2 rings (SSSR count). The maximum absolute atomic E-state index is 12.8. The van der Waals surface area contributed by atoms with Crippen LogP contribution in [0.4, 0.5) is 24.5 Å². The second-order valence-electron chi connectivity index (χ2n) is 5.10. The predicted octanol–water partition coefficient (Wildman–Crippen LogP) is 3.27. The van der Waals surface area contributed by atoms with Crippen LogP contribution in [-0.2, 0) is 10.9 Å². The lowest BCUT2D eigenvalue weighted by Gasteiger charge is -2.35. The lowest BCUT2D eigenvalue weighted by Crippen LogP contribution is -2.40. The van der Waals surface area contributed by atoms with Gasteiger partial charge in [0.15, 0.2) is 0 Å². The molecule has 0 aliphatic carbocycles. The van der Waals surface area contributed by atoms with Gasteiger partial charge >= 0.3 is 6.18 Å². The molecule has 0 atom stereocenters. The Labute approximate surface area is 109 Å². The second kappa shape index (κ2) is 4.92. The maximum Gasteiger partial charge on any atom is 0.418 e. The number of rotatable bonds is 2. The molecule has 0 bridgehead atoms. The molecule has 6 heteroatoms. The first kappa shape index (κ1) is 14.0. The van der Waals surface area contributed by atoms with Crippen molar-refractivity contribution in [3.63, 3.8) is 0 Å². The SMILES string of the molecule is CC1(Nc2ccc(N)c(C(F)(F)F)c2)CCOCC1. The minimum atomic E-state index is -4.43. The number of ether oxygens (including phenoxy) is 1. The fraction of sp³-hybridized carbons (Fsp3) is 0.538. The highest BCUT2D eigenvalue weighted by molar-refractivity contribution is 5.59. The molecule has 1 aliphatic heterocycles. The summed E-state index contributed by atoms with van der Waals surface area (Å²) in [6, 6.07) is 3.93. The molecule has 0 aromatic heterocycles. The topological polar surface area (TPSA) is 47.3 Å². The summed E-state index contributed by atoms with van der Waals surface area (Å²) in [6.07, 6.45) is -2.91. The van der Waals surface area contributed by atoms with Crippen molar-refractivity contribution in [2.45, 2.75) is 31.5 Å². The van der Waals surface area contributed by atoms with E-state index in [-0.39, 0.29) is 11.2 Å². The van der Waals surface area contributed by atoms with Crippen molar-refractivity contribution in [1.29, 1.82) is 0 Å². The standard InChI is InChI=1S/C13H17F3N2O/c1-12(4-6-19-7-5-12)18-9-2-3-11(17)10(8-9)13(14,15)16/h2-3,8,18H,4-7,17H2,1H3. The van der Waals surface area contributed by atoms with Crippen LogP contribution in [0.15, 0.2) is 18.2 Å². The molecule has 0 amide bonds. The predicted molar refractivity (Wildman–Crippen MR) is 67.9 cm³/mol. The minimum absolute atomic E-state index is 0.239. The Morgan fingerprint density at radius 3 is 2.47 bits per heavy atom. The first-order valence-electron chi connectivity index (χ1n) is 6.13. The zero-order valence-electron chi connectivity index (χ0n) is 10.7. The number of nitrogens with two attached hydrogens (primary N) is 1. The monoisotopic (exact) mass is 274 g/mol. The van der Waals surface area contributed by atoms with Crippen LogP contribution in [0.2, 0.25) is 0 Å². The van der Waals surface area contributed by atoms with Gasteiger partial charge in [-0.05, 0) is 38.0 Å². The van der Waals surface area contributed by atoms with Crippen molar-refractivity contribution in [2.24, 2.45) is 0 Å². The van der Waals surface area contributed by atoms with Crippen LogP contribution in [0.3, 0.4) is 0 Å². The van der Waals surface area contributed by atoms with Gasteiger partial charge in [-0.2, -0.15) is 13.2 Å². The van der Waals surface area contributed by atoms with Gasteiger partial charge in [0.25, 0.3) is 0 Å². The number of alkyl halides is 3. The first-order valence-corrected chi connectivity index (χ1v) is 6.13. The molecule has 1 fully saturated rings. The summed E-state index contributed by atoms with van der Waals surface area (Å²) in [5.74, 6) is 0. The molecule has 3 N–H and O–H groups in total. The molecule has 1 aromatic carbocycles. The Kier molecular flexibility index (Phi) is 3.62. The summed E-state index contributed by atoms with van der Waals surface area (Å²) in [6.45, 7) is 3.22. The third kappa shape index (κ3) is 3.32. The van der Waals surface area contributed by atoms with Crippen LogP contribution in [0, 0.1) is 0 Å². The van der Waals surface area contributed by atoms with Gasteiger partial charge in [0, 0.05) is 30.1 Å². The Hall–Kier alpha value is -1.43. The van der Waals surface area contributed by atoms with Crippen LogP contribution in [0.1, 0.15) is 25.3 Å². The molecular formula is C13H17F3N2O. The van der Waals surface area contributed by atoms with Crippen molar-refractivity contribution < 1.29 is 17.9 Å². The van der Waals surface area contributed by atoms with E-state index in [0.717, 1.165) is 18.9 Å². The normalized spacial score (nSPS) is 19.2. The van der Waals surface area contributed by atoms with Gasteiger partial charge in [-0.3, -0.25) is 0 Å². The molecular weight excluding hydrogens is 257 g/mol. The fourth-order valence-electron chi connectivity index (χ4n) is 2.17. The average molecular weight is 274 g/mol. The summed E-state index contributed by atoms with van der Waals surface area (Å²) in [5.41, 5.74) is 4.52. The third-order valence-electron chi connectivity index (χ3n) is 3.40. The Morgan fingerprint density at radius 1 is 1.26 bits per heavy atom. The van der Waals surface area contributed by atoms with E-state index in [1.54, 1.807) is 6.07 Å². The van der Waals surface area contributed by atoms with E-state index in [9.17, 15) is 13.2 Å². The van der Waals surface area contributed by atoms with E-state index in [1.165, 1.54) is 6.07 Å². The lowest BCUT2D eigenvalue weighted by atomic mass is 9.92. The Bertz CT molecular complexity index is 454. The molecule has 106 valence electrons. The summed E-state index contributed by atoms with van der Waals surface area (Å²) < 4.78 is 43.6. The molecule has 1 aromatic rings. The van der Waals surface area contributed by atoms with Gasteiger partial charge in [0.2, 0.25) is 0 Å². The van der Waals surface area contributed by atoms with E-state index in [1.807, 2.05) is 6.92 Å². The van der Waals surface area contributed by atoms with E-state index in [4.69, 9.17) is 10.5 Å². The van der Waals surface area contributed by atoms with Crippen LogP contribution in [0.25, 0.3) is 0 Å². The van der Waals surface area contributed by atoms with E-state index in [0.29, 0.717) is 18.9 Å². The van der Waals surface area contributed by atoms with Crippen molar-refractivity contribution in [1.82, 2.24) is 0 Å². The average Bonchev–Trinajstić information content (AvgIpc) is 2.31. The Balaban J connectivity index is 2.21. The van der Waals surface area contributed by atoms with Crippen molar-refractivity contribution >= 4 is 11.4 Å². The van der Waals surface area contributed by atoms with Gasteiger partial charge in [0.05, 0.1) is 5.56 Å². The molecule has 0 spiro atoms. The number of nitrogens with one attached hydrogen (secondary N) is 1. The molecule has 19 heavy (non-hydrogen) atoms. The molecule has 0 unspecified atom stereocenters. The van der Waals surface area contributed by atoms with Crippen LogP contribution < -0.4 is 11.1 Å². The van der Waals surface area contributed by atoms with E-state index < -0.39 is 11.7 Å². The van der Waals surface area contributed by atoms with Gasteiger partial charge in [0.1, 0.15) is 0 Å². The zero-order valence-corrected chi connectivity index (χ0v) is 10.7. The quantitative estimate of drug-likeness (QED) is 0.814. The van der Waals surface area contributed by atoms with Gasteiger partial charge < -0.3 is 15.8 Å². The summed E-state index contributed by atoms with van der Waals surface area (Å²) in [4.78, 5) is 0. The number of halogens is 3. The largest absolute Gasteiger partial charge is 0.418 e. The van der Waals surface area contributed by atoms with Crippen molar-refractivity contribution in [2.75, 3.05) is 24.3 Å². The van der Waals surface area contributed by atoms with Gasteiger partial charge in [-0.1, -0.05) is 0 Å². The molecule has 1 heterocycles. The smallest absolute Gasteiger partial charge is 0.398 e. The van der Waals surface area contributed by atoms with Crippen LogP contribution >= 0.6 is 0 Å². The fourth-order valence-corrected chi connectivity index (χ4v) is 2.17. The molecule has 0 saturated carbocycles. The molecule has 1 aliphatic rings. The minimum Gasteiger partial charge on any atom is -0.398 e. The van der Waals surface area contributed by atoms with E-state index >= 15 is 0 Å². The van der Waals surface area contributed by atoms with Crippen LogP contribution in [0.5, 0.6) is 0 Å². The highest BCUT2D eigenvalue weighted by atomic mass is 19.4. The lowest BCUT2D eigenvalue weighted by molar-refractivity contribution is -0.136. The molecule has 0 radical (unpaired) electrons. The number of nitrogen functional groups attached to an aromatic ring is 1. The summed E-state index contributed by atoms with van der Waals surface area (Å²) in [7, 11) is 0. The summed E-state index contributed by atoms with van der Waals surface area (Å²) >= 11 is 0. The zero-order chi connectivity index (χ0) is 14.1. The third-order valence-corrected chi connectivity index (χ3v) is 3.40. The summed E-state index contributed by atoms with van der Waals surface area (Å²) in [5, 5.41) is 3.16. The maximum atomic E-state index is 12.8.